The Morgan fingerprint density at radius 1 is 1.36 bits per heavy atom. The van der Waals surface area contributed by atoms with Crippen LogP contribution in [0.1, 0.15) is 25.5 Å². The van der Waals surface area contributed by atoms with Gasteiger partial charge in [-0.05, 0) is 44.6 Å². The van der Waals surface area contributed by atoms with Crippen molar-refractivity contribution in [1.29, 1.82) is 0 Å². The van der Waals surface area contributed by atoms with Crippen LogP contribution in [0.15, 0.2) is 24.3 Å². The maximum atomic E-state index is 13.3. The van der Waals surface area contributed by atoms with E-state index in [1.807, 2.05) is 38.9 Å². The maximum absolute atomic E-state index is 13.3. The number of nitrogens with one attached hydrogen (secondary N) is 2. The Morgan fingerprint density at radius 3 is 2.59 bits per heavy atom. The lowest BCUT2D eigenvalue weighted by molar-refractivity contribution is 0.198. The van der Waals surface area contributed by atoms with Crippen LogP contribution in [0.2, 0.25) is 0 Å². The first kappa shape index (κ1) is 18.4. The van der Waals surface area contributed by atoms with Gasteiger partial charge in [0.25, 0.3) is 0 Å². The van der Waals surface area contributed by atoms with E-state index in [0.29, 0.717) is 6.54 Å². The highest BCUT2D eigenvalue weighted by atomic mass is 19.1. The van der Waals surface area contributed by atoms with Crippen molar-refractivity contribution in [1.82, 2.24) is 15.5 Å². The van der Waals surface area contributed by atoms with Crippen molar-refractivity contribution in [2.75, 3.05) is 27.2 Å². The van der Waals surface area contributed by atoms with Gasteiger partial charge in [0.05, 0.1) is 6.04 Å². The minimum Gasteiger partial charge on any atom is -0.396 e. The first-order valence-corrected chi connectivity index (χ1v) is 7.42. The fourth-order valence-corrected chi connectivity index (χ4v) is 2.06. The van der Waals surface area contributed by atoms with Crippen LogP contribution >= 0.6 is 0 Å². The summed E-state index contributed by atoms with van der Waals surface area (Å²) in [5.74, 6) is -0.308. The van der Waals surface area contributed by atoms with Gasteiger partial charge in [-0.3, -0.25) is 0 Å². The molecule has 2 amide bonds. The molecule has 1 aromatic rings. The third-order valence-corrected chi connectivity index (χ3v) is 3.81. The lowest BCUT2D eigenvalue weighted by Crippen LogP contribution is -2.46. The molecular formula is C16H26FN3O2. The zero-order valence-electron chi connectivity index (χ0n) is 13.6. The minimum absolute atomic E-state index is 0.0152. The molecule has 22 heavy (non-hydrogen) atoms. The van der Waals surface area contributed by atoms with Crippen LogP contribution in [0.5, 0.6) is 0 Å². The zero-order valence-corrected chi connectivity index (χ0v) is 13.6. The van der Waals surface area contributed by atoms with E-state index >= 15 is 0 Å². The van der Waals surface area contributed by atoms with Gasteiger partial charge < -0.3 is 20.6 Å². The number of urea groups is 1. The topological polar surface area (TPSA) is 64.6 Å². The Kier molecular flexibility index (Phi) is 7.27. The van der Waals surface area contributed by atoms with E-state index in [-0.39, 0.29) is 36.5 Å². The van der Waals surface area contributed by atoms with Crippen LogP contribution in [0.4, 0.5) is 9.18 Å². The van der Waals surface area contributed by atoms with Crippen LogP contribution in [0.3, 0.4) is 0 Å². The lowest BCUT2D eigenvalue weighted by Gasteiger charge is -2.26. The molecule has 6 heteroatoms. The molecule has 0 saturated heterocycles. The summed E-state index contributed by atoms with van der Waals surface area (Å²) in [5.41, 5.74) is 0.807. The van der Waals surface area contributed by atoms with Gasteiger partial charge in [-0.2, -0.15) is 0 Å². The highest BCUT2D eigenvalue weighted by Crippen LogP contribution is 2.18. The van der Waals surface area contributed by atoms with Crippen molar-refractivity contribution in [3.05, 3.63) is 35.6 Å². The van der Waals surface area contributed by atoms with Crippen molar-refractivity contribution in [2.45, 2.75) is 25.9 Å². The molecule has 3 atom stereocenters. The van der Waals surface area contributed by atoms with E-state index in [1.165, 1.54) is 12.1 Å². The van der Waals surface area contributed by atoms with E-state index in [0.717, 1.165) is 5.56 Å². The highest BCUT2D eigenvalue weighted by Gasteiger charge is 2.18. The van der Waals surface area contributed by atoms with E-state index in [2.05, 4.69) is 10.6 Å². The number of rotatable bonds is 7. The molecular weight excluding hydrogens is 285 g/mol. The zero-order chi connectivity index (χ0) is 16.7. The summed E-state index contributed by atoms with van der Waals surface area (Å²) in [7, 11) is 3.76. The van der Waals surface area contributed by atoms with Crippen LogP contribution in [0.25, 0.3) is 0 Å². The molecule has 1 aromatic carbocycles. The molecule has 0 spiro atoms. The molecule has 3 N–H and O–H groups in total. The molecule has 0 bridgehead atoms. The third-order valence-electron chi connectivity index (χ3n) is 3.81. The highest BCUT2D eigenvalue weighted by molar-refractivity contribution is 5.74. The van der Waals surface area contributed by atoms with Gasteiger partial charge in [0.15, 0.2) is 0 Å². The second-order valence-electron chi connectivity index (χ2n) is 5.84. The smallest absolute Gasteiger partial charge is 0.315 e. The summed E-state index contributed by atoms with van der Waals surface area (Å²) >= 11 is 0. The number of nitrogens with zero attached hydrogens (tertiary/aromatic N) is 1. The molecule has 0 aliphatic carbocycles. The second-order valence-corrected chi connectivity index (χ2v) is 5.84. The second kappa shape index (κ2) is 8.70. The number of benzene rings is 1. The minimum atomic E-state index is -0.295. The number of carbonyl (C=O) groups is 1. The van der Waals surface area contributed by atoms with E-state index in [4.69, 9.17) is 5.11 Å². The SMILES string of the molecule is CC(CO)C(C)NC(=O)NCC(c1cccc(F)c1)N(C)C. The monoisotopic (exact) mass is 311 g/mol. The molecule has 3 unspecified atom stereocenters. The number of hydrogen-bond acceptors (Lipinski definition) is 3. The Balaban J connectivity index is 2.60. The largest absolute Gasteiger partial charge is 0.396 e. The summed E-state index contributed by atoms with van der Waals surface area (Å²) in [6.07, 6.45) is 0. The van der Waals surface area contributed by atoms with Crippen LogP contribution in [-0.4, -0.2) is 49.3 Å². The Morgan fingerprint density at radius 2 is 2.05 bits per heavy atom. The van der Waals surface area contributed by atoms with Gasteiger partial charge in [-0.15, -0.1) is 0 Å². The molecule has 124 valence electrons. The van der Waals surface area contributed by atoms with E-state index in [1.54, 1.807) is 6.07 Å². The Hall–Kier alpha value is -1.66. The van der Waals surface area contributed by atoms with Crippen molar-refractivity contribution in [3.8, 4) is 0 Å². The Labute approximate surface area is 131 Å². The summed E-state index contributed by atoms with van der Waals surface area (Å²) in [6.45, 7) is 4.09. The number of hydrogen-bond donors (Lipinski definition) is 3. The first-order valence-electron chi connectivity index (χ1n) is 7.42. The number of carbonyl (C=O) groups excluding carboxylic acids is 1. The molecule has 0 heterocycles. The predicted molar refractivity (Wildman–Crippen MR) is 85.1 cm³/mol. The van der Waals surface area contributed by atoms with Crippen molar-refractivity contribution in [3.63, 3.8) is 0 Å². The quantitative estimate of drug-likeness (QED) is 0.719. The lowest BCUT2D eigenvalue weighted by atomic mass is 10.1. The van der Waals surface area contributed by atoms with Crippen molar-refractivity contribution >= 4 is 6.03 Å². The van der Waals surface area contributed by atoms with Gasteiger partial charge in [-0.25, -0.2) is 9.18 Å². The van der Waals surface area contributed by atoms with Crippen LogP contribution in [0, 0.1) is 11.7 Å². The average molecular weight is 311 g/mol. The normalized spacial score (nSPS) is 15.2. The molecule has 0 aliphatic rings. The molecule has 0 aliphatic heterocycles. The summed E-state index contributed by atoms with van der Waals surface area (Å²) in [5, 5.41) is 14.7. The standard InChI is InChI=1S/C16H26FN3O2/c1-11(10-21)12(2)19-16(22)18-9-15(20(3)4)13-6-5-7-14(17)8-13/h5-8,11-12,15,21H,9-10H2,1-4H3,(H2,18,19,22). The molecule has 5 nitrogen and oxygen atoms in total. The van der Waals surface area contributed by atoms with Crippen LogP contribution in [-0.2, 0) is 0 Å². The van der Waals surface area contributed by atoms with Gasteiger partial charge >= 0.3 is 6.03 Å². The number of likely N-dealkylation sites (N-methyl/N-ethyl adjacent to an activating group) is 1. The third kappa shape index (κ3) is 5.61. The number of amides is 2. The first-order chi connectivity index (χ1) is 10.3. The molecule has 0 fully saturated rings. The Bertz CT molecular complexity index is 482. The maximum Gasteiger partial charge on any atom is 0.315 e. The van der Waals surface area contributed by atoms with Gasteiger partial charge in [-0.1, -0.05) is 19.1 Å². The van der Waals surface area contributed by atoms with Gasteiger partial charge in [0, 0.05) is 19.2 Å². The van der Waals surface area contributed by atoms with Gasteiger partial charge in [0.1, 0.15) is 5.82 Å². The number of aliphatic hydroxyl groups excluding tert-OH is 1. The molecule has 0 saturated carbocycles. The summed E-state index contributed by atoms with van der Waals surface area (Å²) in [6, 6.07) is 5.82. The summed E-state index contributed by atoms with van der Waals surface area (Å²) < 4.78 is 13.3. The molecule has 0 radical (unpaired) electrons. The fraction of sp³-hybridized carbons (Fsp3) is 0.562. The predicted octanol–water partition coefficient (Wildman–Crippen LogP) is 1.74. The van der Waals surface area contributed by atoms with E-state index in [9.17, 15) is 9.18 Å². The fourth-order valence-electron chi connectivity index (χ4n) is 2.06. The van der Waals surface area contributed by atoms with Crippen molar-refractivity contribution in [2.24, 2.45) is 5.92 Å². The van der Waals surface area contributed by atoms with Gasteiger partial charge in [0.2, 0.25) is 0 Å². The number of aliphatic hydroxyl groups is 1. The molecule has 1 rings (SSSR count). The summed E-state index contributed by atoms with van der Waals surface area (Å²) in [4.78, 5) is 13.8. The average Bonchev–Trinajstić information content (AvgIpc) is 2.46. The molecule has 0 aromatic heterocycles. The van der Waals surface area contributed by atoms with Crippen LogP contribution < -0.4 is 10.6 Å². The number of halogens is 1. The van der Waals surface area contributed by atoms with Crippen molar-refractivity contribution < 1.29 is 14.3 Å². The van der Waals surface area contributed by atoms with E-state index < -0.39 is 0 Å².